The van der Waals surface area contributed by atoms with Crippen LogP contribution in [0.4, 0.5) is 5.69 Å². The number of rotatable bonds is 10. The molecule has 1 aliphatic heterocycles. The third-order valence-corrected chi connectivity index (χ3v) is 7.92. The molecular formula is C30H39N7O3. The number of amides is 1. The number of ether oxygens (including phenoxy) is 1. The van der Waals surface area contributed by atoms with Gasteiger partial charge >= 0.3 is 0 Å². The fourth-order valence-electron chi connectivity index (χ4n) is 5.64. The molecule has 1 aromatic carbocycles. The number of carbonyl (C=O) groups is 1. The zero-order valence-corrected chi connectivity index (χ0v) is 23.4. The number of hydrogen-bond acceptors (Lipinski definition) is 7. The van der Waals surface area contributed by atoms with E-state index in [9.17, 15) is 9.59 Å². The molecule has 40 heavy (non-hydrogen) atoms. The Bertz CT molecular complexity index is 1420. The van der Waals surface area contributed by atoms with Crippen molar-refractivity contribution in [2.75, 3.05) is 38.2 Å². The van der Waals surface area contributed by atoms with E-state index in [0.717, 1.165) is 80.3 Å². The summed E-state index contributed by atoms with van der Waals surface area (Å²) in [6.45, 7) is 8.87. The Morgan fingerprint density at radius 2 is 1.93 bits per heavy atom. The fourth-order valence-corrected chi connectivity index (χ4v) is 5.64. The molecule has 2 fully saturated rings. The minimum atomic E-state index is -0.325. The molecule has 2 aromatic heterocycles. The van der Waals surface area contributed by atoms with Gasteiger partial charge in [-0.25, -0.2) is 0 Å². The van der Waals surface area contributed by atoms with Crippen LogP contribution in [-0.4, -0.2) is 70.7 Å². The maximum absolute atomic E-state index is 13.6. The molecule has 2 aliphatic rings. The average Bonchev–Trinajstić information content (AvgIpc) is 3.64. The van der Waals surface area contributed by atoms with Crippen molar-refractivity contribution in [1.29, 1.82) is 5.41 Å². The standard InChI is InChI=1S/C30H39N7O3/c1-20-13-21(2)34-30(39)27(20)18-32-29(38)25-14-22(15-28(26(25)16-31)35-24-5-3-4-6-24)23-17-33-37(19-23)8-7-36-9-11-40-12-10-36/h13-17,19,24,31,35H,3-12,18H2,1-2H3,(H,32,38)(H,34,39). The van der Waals surface area contributed by atoms with E-state index in [1.807, 2.05) is 49.1 Å². The van der Waals surface area contributed by atoms with Crippen molar-refractivity contribution in [3.63, 3.8) is 0 Å². The predicted molar refractivity (Wildman–Crippen MR) is 156 cm³/mol. The number of benzene rings is 1. The average molecular weight is 546 g/mol. The van der Waals surface area contributed by atoms with Crippen molar-refractivity contribution >= 4 is 17.8 Å². The molecular weight excluding hydrogens is 506 g/mol. The van der Waals surface area contributed by atoms with Gasteiger partial charge in [0.25, 0.3) is 11.5 Å². The number of anilines is 1. The Kier molecular flexibility index (Phi) is 8.76. The number of aromatic amines is 1. The summed E-state index contributed by atoms with van der Waals surface area (Å²) in [6.07, 6.45) is 9.56. The highest BCUT2D eigenvalue weighted by Gasteiger charge is 2.21. The summed E-state index contributed by atoms with van der Waals surface area (Å²) in [5, 5.41) is 19.3. The second-order valence-electron chi connectivity index (χ2n) is 10.8. The van der Waals surface area contributed by atoms with E-state index in [0.29, 0.717) is 22.7 Å². The van der Waals surface area contributed by atoms with Crippen LogP contribution in [0.25, 0.3) is 11.1 Å². The van der Waals surface area contributed by atoms with Crippen LogP contribution in [-0.2, 0) is 17.8 Å². The van der Waals surface area contributed by atoms with Crippen molar-refractivity contribution in [2.24, 2.45) is 0 Å². The highest BCUT2D eigenvalue weighted by atomic mass is 16.5. The maximum atomic E-state index is 13.6. The Labute approximate surface area is 234 Å². The molecule has 212 valence electrons. The number of aromatic nitrogens is 3. The van der Waals surface area contributed by atoms with E-state index in [1.54, 1.807) is 0 Å². The molecule has 0 bridgehead atoms. The van der Waals surface area contributed by atoms with Crippen LogP contribution in [0.3, 0.4) is 0 Å². The van der Waals surface area contributed by atoms with Crippen LogP contribution in [0.5, 0.6) is 0 Å². The largest absolute Gasteiger partial charge is 0.382 e. The van der Waals surface area contributed by atoms with Gasteiger partial charge in [0.2, 0.25) is 0 Å². The Balaban J connectivity index is 1.41. The van der Waals surface area contributed by atoms with E-state index >= 15 is 0 Å². The van der Waals surface area contributed by atoms with Gasteiger partial charge < -0.3 is 25.8 Å². The number of hydrogen-bond donors (Lipinski definition) is 4. The van der Waals surface area contributed by atoms with Gasteiger partial charge in [0.1, 0.15) is 0 Å². The lowest BCUT2D eigenvalue weighted by Crippen LogP contribution is -2.38. The smallest absolute Gasteiger partial charge is 0.253 e. The lowest BCUT2D eigenvalue weighted by molar-refractivity contribution is 0.0360. The summed E-state index contributed by atoms with van der Waals surface area (Å²) in [7, 11) is 0. The number of H-pyrrole nitrogens is 1. The van der Waals surface area contributed by atoms with Gasteiger partial charge in [-0.1, -0.05) is 12.8 Å². The number of aryl methyl sites for hydroxylation is 2. The van der Waals surface area contributed by atoms with Crippen LogP contribution in [0.1, 0.15) is 58.4 Å². The lowest BCUT2D eigenvalue weighted by Gasteiger charge is -2.26. The van der Waals surface area contributed by atoms with Gasteiger partial charge in [0.15, 0.2) is 0 Å². The highest BCUT2D eigenvalue weighted by Crippen LogP contribution is 2.31. The first-order valence-electron chi connectivity index (χ1n) is 14.2. The number of morpholine rings is 1. The van der Waals surface area contributed by atoms with Crippen LogP contribution in [0.2, 0.25) is 0 Å². The zero-order valence-electron chi connectivity index (χ0n) is 23.4. The summed E-state index contributed by atoms with van der Waals surface area (Å²) in [5.74, 6) is -0.325. The van der Waals surface area contributed by atoms with E-state index in [4.69, 9.17) is 10.1 Å². The normalized spacial score (nSPS) is 16.2. The first-order valence-corrected chi connectivity index (χ1v) is 14.2. The number of pyridine rings is 1. The number of carbonyl (C=O) groups excluding carboxylic acids is 1. The maximum Gasteiger partial charge on any atom is 0.253 e. The van der Waals surface area contributed by atoms with Crippen LogP contribution >= 0.6 is 0 Å². The summed E-state index contributed by atoms with van der Waals surface area (Å²) >= 11 is 0. The molecule has 1 amide bonds. The van der Waals surface area contributed by atoms with E-state index in [-0.39, 0.29) is 18.0 Å². The second kappa shape index (κ2) is 12.6. The summed E-state index contributed by atoms with van der Waals surface area (Å²) in [5.41, 5.74) is 5.42. The first-order chi connectivity index (χ1) is 19.4. The zero-order chi connectivity index (χ0) is 28.1. The third kappa shape index (κ3) is 6.51. The molecule has 0 unspecified atom stereocenters. The third-order valence-electron chi connectivity index (χ3n) is 7.92. The highest BCUT2D eigenvalue weighted by molar-refractivity contribution is 6.06. The summed E-state index contributed by atoms with van der Waals surface area (Å²) in [6, 6.07) is 6.06. The van der Waals surface area contributed by atoms with Crippen molar-refractivity contribution in [2.45, 2.75) is 58.7 Å². The van der Waals surface area contributed by atoms with Gasteiger partial charge in [0, 0.05) is 72.7 Å². The van der Waals surface area contributed by atoms with Crippen molar-refractivity contribution < 1.29 is 9.53 Å². The quantitative estimate of drug-likeness (QED) is 0.289. The molecule has 4 N–H and O–H groups in total. The number of nitrogens with one attached hydrogen (secondary N) is 4. The molecule has 5 rings (SSSR count). The summed E-state index contributed by atoms with van der Waals surface area (Å²) < 4.78 is 7.38. The Morgan fingerprint density at radius 1 is 1.15 bits per heavy atom. The molecule has 1 saturated carbocycles. The Hall–Kier alpha value is -3.76. The lowest BCUT2D eigenvalue weighted by atomic mass is 9.97. The predicted octanol–water partition coefficient (Wildman–Crippen LogP) is 3.47. The number of nitrogens with zero attached hydrogens (tertiary/aromatic N) is 3. The van der Waals surface area contributed by atoms with Crippen LogP contribution < -0.4 is 16.2 Å². The monoisotopic (exact) mass is 545 g/mol. The van der Waals surface area contributed by atoms with E-state index in [1.165, 1.54) is 19.1 Å². The van der Waals surface area contributed by atoms with Crippen molar-refractivity contribution in [1.82, 2.24) is 25.0 Å². The molecule has 10 nitrogen and oxygen atoms in total. The minimum absolute atomic E-state index is 0.104. The van der Waals surface area contributed by atoms with Gasteiger partial charge in [-0.05, 0) is 56.0 Å². The molecule has 0 atom stereocenters. The molecule has 1 saturated heterocycles. The van der Waals surface area contributed by atoms with Crippen molar-refractivity contribution in [3.05, 3.63) is 68.9 Å². The van der Waals surface area contributed by atoms with Crippen LogP contribution in [0.15, 0.2) is 35.4 Å². The van der Waals surface area contributed by atoms with Gasteiger partial charge in [-0.15, -0.1) is 0 Å². The van der Waals surface area contributed by atoms with Crippen LogP contribution in [0, 0.1) is 19.3 Å². The van der Waals surface area contributed by atoms with Gasteiger partial charge in [0.05, 0.1) is 31.5 Å². The molecule has 0 radical (unpaired) electrons. The summed E-state index contributed by atoms with van der Waals surface area (Å²) in [4.78, 5) is 31.2. The second-order valence-corrected chi connectivity index (χ2v) is 10.8. The van der Waals surface area contributed by atoms with Gasteiger partial charge in [-0.3, -0.25) is 19.2 Å². The topological polar surface area (TPSA) is 128 Å². The Morgan fingerprint density at radius 3 is 2.65 bits per heavy atom. The first kappa shape index (κ1) is 27.8. The van der Waals surface area contributed by atoms with E-state index in [2.05, 4.69) is 25.6 Å². The fraction of sp³-hybridized carbons (Fsp3) is 0.467. The van der Waals surface area contributed by atoms with E-state index < -0.39 is 0 Å². The molecule has 3 aromatic rings. The molecule has 1 aliphatic carbocycles. The SMILES string of the molecule is Cc1cc(C)c(CNC(=O)c2cc(-c3cnn(CCN4CCOCC4)c3)cc(NC3CCCC3)c2C=N)c(=O)[nH]1. The molecule has 10 heteroatoms. The van der Waals surface area contributed by atoms with Crippen molar-refractivity contribution in [3.8, 4) is 11.1 Å². The van der Waals surface area contributed by atoms with Gasteiger partial charge in [-0.2, -0.15) is 5.10 Å². The minimum Gasteiger partial charge on any atom is -0.382 e. The molecule has 0 spiro atoms. The molecule has 3 heterocycles.